The number of ether oxygens (including phenoxy) is 1. The number of aromatic amines is 1. The van der Waals surface area contributed by atoms with Crippen molar-refractivity contribution in [3.8, 4) is 0 Å². The average Bonchev–Trinajstić information content (AvgIpc) is 3.02. The van der Waals surface area contributed by atoms with E-state index >= 15 is 0 Å². The topological polar surface area (TPSA) is 84.1 Å². The third-order valence-corrected chi connectivity index (χ3v) is 3.83. The molecule has 0 saturated heterocycles. The molecule has 2 aromatic carbocycles. The molecule has 1 amide bonds. The molecule has 0 aliphatic heterocycles. The summed E-state index contributed by atoms with van der Waals surface area (Å²) in [7, 11) is 0. The second-order valence-corrected chi connectivity index (χ2v) is 5.59. The van der Waals surface area contributed by atoms with Gasteiger partial charge in [0.15, 0.2) is 6.61 Å². The molecule has 1 heterocycles. The summed E-state index contributed by atoms with van der Waals surface area (Å²) in [5.74, 6) is -0.975. The number of para-hydroxylation sites is 1. The van der Waals surface area contributed by atoms with Crippen molar-refractivity contribution in [1.29, 1.82) is 0 Å². The van der Waals surface area contributed by atoms with Crippen LogP contribution >= 0.6 is 15.9 Å². The van der Waals surface area contributed by atoms with E-state index < -0.39 is 11.9 Å². The number of H-pyrrole nitrogens is 1. The molecule has 1 aromatic heterocycles. The van der Waals surface area contributed by atoms with Crippen LogP contribution in [0.1, 0.15) is 10.4 Å². The maximum atomic E-state index is 12.0. The van der Waals surface area contributed by atoms with Gasteiger partial charge in [-0.1, -0.05) is 12.1 Å². The number of hydrogen-bond donors (Lipinski definition) is 2. The molecule has 7 heteroatoms. The van der Waals surface area contributed by atoms with Gasteiger partial charge in [0.05, 0.1) is 28.6 Å². The first-order valence-electron chi connectivity index (χ1n) is 6.78. The number of benzene rings is 2. The highest BCUT2D eigenvalue weighted by Gasteiger charge is 2.12. The predicted octanol–water partition coefficient (Wildman–Crippen LogP) is 3.12. The second-order valence-electron chi connectivity index (χ2n) is 4.74. The lowest BCUT2D eigenvalue weighted by Crippen LogP contribution is -2.21. The Kier molecular flexibility index (Phi) is 4.38. The van der Waals surface area contributed by atoms with E-state index in [1.54, 1.807) is 42.7 Å². The van der Waals surface area contributed by atoms with Crippen molar-refractivity contribution in [2.45, 2.75) is 0 Å². The second kappa shape index (κ2) is 6.62. The van der Waals surface area contributed by atoms with Crippen molar-refractivity contribution < 1.29 is 14.3 Å². The molecule has 3 rings (SSSR count). The zero-order chi connectivity index (χ0) is 16.2. The number of nitrogens with one attached hydrogen (secondary N) is 2. The summed E-state index contributed by atoms with van der Waals surface area (Å²) in [6.45, 7) is -0.360. The van der Waals surface area contributed by atoms with Gasteiger partial charge in [0.2, 0.25) is 0 Å². The first kappa shape index (κ1) is 15.2. The van der Waals surface area contributed by atoms with Gasteiger partial charge in [-0.3, -0.25) is 4.79 Å². The van der Waals surface area contributed by atoms with Crippen molar-refractivity contribution in [2.75, 3.05) is 11.9 Å². The molecule has 2 N–H and O–H groups in total. The van der Waals surface area contributed by atoms with Crippen molar-refractivity contribution in [1.82, 2.24) is 9.97 Å². The summed E-state index contributed by atoms with van der Waals surface area (Å²) in [6.07, 6.45) is 1.55. The number of nitrogens with zero attached hydrogens (tertiary/aromatic N) is 1. The van der Waals surface area contributed by atoms with Crippen LogP contribution < -0.4 is 5.32 Å². The Morgan fingerprint density at radius 1 is 1.22 bits per heavy atom. The molecule has 23 heavy (non-hydrogen) atoms. The molecule has 0 fully saturated rings. The molecule has 0 unspecified atom stereocenters. The summed E-state index contributed by atoms with van der Waals surface area (Å²) in [5.41, 5.74) is 2.47. The number of esters is 1. The van der Waals surface area contributed by atoms with E-state index in [0.29, 0.717) is 11.3 Å². The maximum Gasteiger partial charge on any atom is 0.338 e. The van der Waals surface area contributed by atoms with E-state index in [2.05, 4.69) is 31.2 Å². The van der Waals surface area contributed by atoms with Gasteiger partial charge in [-0.25, -0.2) is 9.78 Å². The Morgan fingerprint density at radius 3 is 2.87 bits per heavy atom. The Bertz CT molecular complexity index is 876. The van der Waals surface area contributed by atoms with Gasteiger partial charge >= 0.3 is 5.97 Å². The van der Waals surface area contributed by atoms with E-state index in [0.717, 1.165) is 15.5 Å². The average molecular weight is 374 g/mol. The minimum atomic E-state index is -0.566. The fourth-order valence-electron chi connectivity index (χ4n) is 2.03. The van der Waals surface area contributed by atoms with Crippen LogP contribution in [0.2, 0.25) is 0 Å². The number of amides is 1. The summed E-state index contributed by atoms with van der Waals surface area (Å²) in [6, 6.07) is 12.1. The van der Waals surface area contributed by atoms with Gasteiger partial charge in [0.25, 0.3) is 5.91 Å². The van der Waals surface area contributed by atoms with Crippen LogP contribution in [0.25, 0.3) is 11.0 Å². The quantitative estimate of drug-likeness (QED) is 0.688. The highest BCUT2D eigenvalue weighted by Crippen LogP contribution is 2.21. The van der Waals surface area contributed by atoms with Crippen LogP contribution in [0, 0.1) is 0 Å². The van der Waals surface area contributed by atoms with Crippen LogP contribution in [0.15, 0.2) is 53.3 Å². The van der Waals surface area contributed by atoms with Gasteiger partial charge in [0, 0.05) is 4.47 Å². The summed E-state index contributed by atoms with van der Waals surface area (Å²) < 4.78 is 5.78. The molecular formula is C16H12BrN3O3. The summed E-state index contributed by atoms with van der Waals surface area (Å²) >= 11 is 3.33. The van der Waals surface area contributed by atoms with E-state index in [1.807, 2.05) is 6.07 Å². The maximum absolute atomic E-state index is 12.0. The Morgan fingerprint density at radius 2 is 2.04 bits per heavy atom. The minimum absolute atomic E-state index is 0.357. The summed E-state index contributed by atoms with van der Waals surface area (Å²) in [4.78, 5) is 30.8. The molecule has 0 aliphatic rings. The molecule has 116 valence electrons. The molecule has 6 nitrogen and oxygen atoms in total. The zero-order valence-corrected chi connectivity index (χ0v) is 13.5. The van der Waals surface area contributed by atoms with E-state index in [1.165, 1.54) is 0 Å². The number of fused-ring (bicyclic) bond motifs is 1. The molecule has 0 spiro atoms. The predicted molar refractivity (Wildman–Crippen MR) is 89.1 cm³/mol. The highest BCUT2D eigenvalue weighted by atomic mass is 79.9. The number of carbonyl (C=O) groups is 2. The van der Waals surface area contributed by atoms with Crippen molar-refractivity contribution in [3.63, 3.8) is 0 Å². The molecule has 3 aromatic rings. The van der Waals surface area contributed by atoms with Gasteiger partial charge in [-0.05, 0) is 46.3 Å². The lowest BCUT2D eigenvalue weighted by molar-refractivity contribution is -0.119. The van der Waals surface area contributed by atoms with Gasteiger partial charge in [-0.2, -0.15) is 0 Å². The first-order valence-corrected chi connectivity index (χ1v) is 7.57. The van der Waals surface area contributed by atoms with E-state index in [9.17, 15) is 9.59 Å². The lowest BCUT2D eigenvalue weighted by atomic mass is 10.2. The van der Waals surface area contributed by atoms with Crippen LogP contribution in [-0.4, -0.2) is 28.5 Å². The number of anilines is 1. The third-order valence-electron chi connectivity index (χ3n) is 3.14. The molecular weight excluding hydrogens is 362 g/mol. The number of rotatable bonds is 4. The first-order chi connectivity index (χ1) is 11.1. The number of carbonyl (C=O) groups excluding carboxylic acids is 2. The Balaban J connectivity index is 1.60. The van der Waals surface area contributed by atoms with Crippen molar-refractivity contribution in [3.05, 3.63) is 58.8 Å². The summed E-state index contributed by atoms with van der Waals surface area (Å²) in [5, 5.41) is 2.66. The van der Waals surface area contributed by atoms with Crippen molar-refractivity contribution in [2.24, 2.45) is 0 Å². The minimum Gasteiger partial charge on any atom is -0.452 e. The SMILES string of the molecule is O=C(COC(=O)c1ccc2nc[nH]c2c1)Nc1ccccc1Br. The van der Waals surface area contributed by atoms with E-state index in [4.69, 9.17) is 4.74 Å². The van der Waals surface area contributed by atoms with Crippen LogP contribution in [0.5, 0.6) is 0 Å². The number of imidazole rings is 1. The zero-order valence-electron chi connectivity index (χ0n) is 11.9. The van der Waals surface area contributed by atoms with Gasteiger partial charge in [-0.15, -0.1) is 0 Å². The fourth-order valence-corrected chi connectivity index (χ4v) is 2.41. The van der Waals surface area contributed by atoms with Gasteiger partial charge < -0.3 is 15.0 Å². The highest BCUT2D eigenvalue weighted by molar-refractivity contribution is 9.10. The number of hydrogen-bond acceptors (Lipinski definition) is 4. The smallest absolute Gasteiger partial charge is 0.338 e. The van der Waals surface area contributed by atoms with Crippen LogP contribution in [-0.2, 0) is 9.53 Å². The molecule has 0 atom stereocenters. The van der Waals surface area contributed by atoms with Crippen molar-refractivity contribution >= 4 is 44.5 Å². The molecule has 0 aliphatic carbocycles. The molecule has 0 saturated carbocycles. The number of aromatic nitrogens is 2. The fraction of sp³-hybridized carbons (Fsp3) is 0.0625. The normalized spacial score (nSPS) is 10.5. The van der Waals surface area contributed by atoms with Crippen LogP contribution in [0.4, 0.5) is 5.69 Å². The Hall–Kier alpha value is -2.67. The molecule has 0 radical (unpaired) electrons. The monoisotopic (exact) mass is 373 g/mol. The van der Waals surface area contributed by atoms with E-state index in [-0.39, 0.29) is 6.61 Å². The molecule has 0 bridgehead atoms. The Labute approximate surface area is 140 Å². The van der Waals surface area contributed by atoms with Gasteiger partial charge in [0.1, 0.15) is 0 Å². The third kappa shape index (κ3) is 3.57. The standard InChI is InChI=1S/C16H12BrN3O3/c17-11-3-1-2-4-12(11)20-15(21)8-23-16(22)10-5-6-13-14(7-10)19-9-18-13/h1-7,9H,8H2,(H,18,19)(H,20,21). The van der Waals surface area contributed by atoms with Crippen LogP contribution in [0.3, 0.4) is 0 Å². The number of halogens is 1. The largest absolute Gasteiger partial charge is 0.452 e. The lowest BCUT2D eigenvalue weighted by Gasteiger charge is -2.08.